The number of halogens is 1. The molecule has 0 amide bonds. The van der Waals surface area contributed by atoms with Crippen LogP contribution in [0.25, 0.3) is 0 Å². The van der Waals surface area contributed by atoms with Gasteiger partial charge >= 0.3 is 0 Å². The maximum atomic E-state index is 11.3. The van der Waals surface area contributed by atoms with Gasteiger partial charge in [-0.15, -0.1) is 0 Å². The van der Waals surface area contributed by atoms with Crippen LogP contribution >= 0.6 is 15.9 Å². The molecule has 0 radical (unpaired) electrons. The molecule has 0 fully saturated rings. The maximum absolute atomic E-state index is 11.3. The summed E-state index contributed by atoms with van der Waals surface area (Å²) in [4.78, 5) is 11.3. The minimum atomic E-state index is -0.120. The lowest BCUT2D eigenvalue weighted by Crippen LogP contribution is -1.96. The molecule has 0 atom stereocenters. The molecule has 1 aromatic rings. The van der Waals surface area contributed by atoms with Crippen molar-refractivity contribution >= 4 is 21.7 Å². The Morgan fingerprint density at radius 2 is 2.31 bits per heavy atom. The van der Waals surface area contributed by atoms with Crippen molar-refractivity contribution in [3.63, 3.8) is 0 Å². The number of allylic oxidation sites excluding steroid dienone is 1. The Bertz CT molecular complexity index is 345. The summed E-state index contributed by atoms with van der Waals surface area (Å²) in [6.45, 7) is 3.42. The Hall–Kier alpha value is -1.09. The van der Waals surface area contributed by atoms with Crippen LogP contribution in [0.1, 0.15) is 10.4 Å². The predicted octanol–water partition coefficient (Wildman–Crippen LogP) is 2.83. The van der Waals surface area contributed by atoms with Gasteiger partial charge in [0.05, 0.1) is 11.6 Å². The largest absolute Gasteiger partial charge is 0.496 e. The van der Waals surface area contributed by atoms with Crippen molar-refractivity contribution in [2.75, 3.05) is 7.11 Å². The molecule has 0 heterocycles. The van der Waals surface area contributed by atoms with Crippen LogP contribution in [0, 0.1) is 0 Å². The summed E-state index contributed by atoms with van der Waals surface area (Å²) in [7, 11) is 1.56. The highest BCUT2D eigenvalue weighted by atomic mass is 79.9. The fourth-order valence-electron chi connectivity index (χ4n) is 0.969. The van der Waals surface area contributed by atoms with Gasteiger partial charge in [0, 0.05) is 5.56 Å². The van der Waals surface area contributed by atoms with Crippen LogP contribution in [0.2, 0.25) is 0 Å². The average Bonchev–Trinajstić information content (AvgIpc) is 2.17. The molecule has 3 heteroatoms. The highest BCUT2D eigenvalue weighted by Gasteiger charge is 2.09. The summed E-state index contributed by atoms with van der Waals surface area (Å²) in [5.41, 5.74) is 0.564. The molecule has 0 aromatic heterocycles. The summed E-state index contributed by atoms with van der Waals surface area (Å²) in [6.07, 6.45) is 1.28. The molecule has 1 rings (SSSR count). The first-order chi connectivity index (χ1) is 6.20. The lowest BCUT2D eigenvalue weighted by molar-refractivity contribution is 0.104. The molecule has 0 bridgehead atoms. The smallest absolute Gasteiger partial charge is 0.186 e. The van der Waals surface area contributed by atoms with Crippen molar-refractivity contribution in [1.82, 2.24) is 0 Å². The quantitative estimate of drug-likeness (QED) is 0.600. The second-order valence-electron chi connectivity index (χ2n) is 2.39. The first-order valence-electron chi connectivity index (χ1n) is 3.70. The monoisotopic (exact) mass is 240 g/mol. The molecular weight excluding hydrogens is 232 g/mol. The highest BCUT2D eigenvalue weighted by molar-refractivity contribution is 9.10. The molecule has 68 valence electrons. The van der Waals surface area contributed by atoms with Gasteiger partial charge in [0.2, 0.25) is 0 Å². The predicted molar refractivity (Wildman–Crippen MR) is 55.2 cm³/mol. The van der Waals surface area contributed by atoms with Gasteiger partial charge in [-0.3, -0.25) is 4.79 Å². The zero-order valence-electron chi connectivity index (χ0n) is 7.21. The Morgan fingerprint density at radius 1 is 1.62 bits per heavy atom. The van der Waals surface area contributed by atoms with Crippen LogP contribution in [0.4, 0.5) is 0 Å². The van der Waals surface area contributed by atoms with E-state index in [4.69, 9.17) is 4.74 Å². The Labute approximate surface area is 85.3 Å². The third-order valence-electron chi connectivity index (χ3n) is 1.63. The Kier molecular flexibility index (Phi) is 3.25. The lowest BCUT2D eigenvalue weighted by atomic mass is 10.1. The van der Waals surface area contributed by atoms with Crippen LogP contribution in [-0.2, 0) is 0 Å². The molecule has 0 N–H and O–H groups in total. The maximum Gasteiger partial charge on any atom is 0.186 e. The minimum Gasteiger partial charge on any atom is -0.496 e. The normalized spacial score (nSPS) is 9.38. The zero-order chi connectivity index (χ0) is 9.84. The van der Waals surface area contributed by atoms with Gasteiger partial charge in [-0.25, -0.2) is 0 Å². The molecule has 0 aliphatic carbocycles. The fourth-order valence-corrected chi connectivity index (χ4v) is 1.59. The van der Waals surface area contributed by atoms with Crippen molar-refractivity contribution in [1.29, 1.82) is 0 Å². The molecular formula is C10H9BrO2. The Morgan fingerprint density at radius 3 is 2.85 bits per heavy atom. The molecule has 0 aliphatic rings. The van der Waals surface area contributed by atoms with E-state index in [0.717, 1.165) is 0 Å². The van der Waals surface area contributed by atoms with Gasteiger partial charge in [-0.05, 0) is 34.1 Å². The number of ether oxygens (including phenoxy) is 1. The van der Waals surface area contributed by atoms with E-state index in [1.54, 1.807) is 25.3 Å². The number of hydrogen-bond acceptors (Lipinski definition) is 2. The standard InChI is InChI=1S/C10H9BrO2/c1-3-8(12)7-5-4-6-9(13-2)10(7)11/h3-6H,1H2,2H3. The van der Waals surface area contributed by atoms with Crippen molar-refractivity contribution < 1.29 is 9.53 Å². The van der Waals surface area contributed by atoms with Crippen molar-refractivity contribution in [2.45, 2.75) is 0 Å². The third-order valence-corrected chi connectivity index (χ3v) is 2.45. The van der Waals surface area contributed by atoms with Crippen molar-refractivity contribution in [3.8, 4) is 5.75 Å². The van der Waals surface area contributed by atoms with Gasteiger partial charge in [-0.2, -0.15) is 0 Å². The first kappa shape index (κ1) is 9.99. The second kappa shape index (κ2) is 4.23. The van der Waals surface area contributed by atoms with Crippen LogP contribution in [0.15, 0.2) is 35.3 Å². The van der Waals surface area contributed by atoms with E-state index >= 15 is 0 Å². The SMILES string of the molecule is C=CC(=O)c1cccc(OC)c1Br. The van der Waals surface area contributed by atoms with Crippen molar-refractivity contribution in [3.05, 3.63) is 40.9 Å². The van der Waals surface area contributed by atoms with Gasteiger partial charge < -0.3 is 4.74 Å². The molecule has 13 heavy (non-hydrogen) atoms. The molecule has 0 unspecified atom stereocenters. The zero-order valence-corrected chi connectivity index (χ0v) is 8.80. The van der Waals surface area contributed by atoms with E-state index in [9.17, 15) is 4.79 Å². The van der Waals surface area contributed by atoms with E-state index in [1.165, 1.54) is 6.08 Å². The van der Waals surface area contributed by atoms with E-state index in [2.05, 4.69) is 22.5 Å². The molecule has 0 saturated carbocycles. The van der Waals surface area contributed by atoms with Gasteiger partial charge in [0.25, 0.3) is 0 Å². The summed E-state index contributed by atoms with van der Waals surface area (Å²) in [5, 5.41) is 0. The number of rotatable bonds is 3. The van der Waals surface area contributed by atoms with Gasteiger partial charge in [0.15, 0.2) is 5.78 Å². The van der Waals surface area contributed by atoms with E-state index < -0.39 is 0 Å². The van der Waals surface area contributed by atoms with Gasteiger partial charge in [-0.1, -0.05) is 12.6 Å². The number of methoxy groups -OCH3 is 1. The number of benzene rings is 1. The van der Waals surface area contributed by atoms with E-state index in [0.29, 0.717) is 15.8 Å². The number of carbonyl (C=O) groups is 1. The van der Waals surface area contributed by atoms with Crippen LogP contribution < -0.4 is 4.74 Å². The second-order valence-corrected chi connectivity index (χ2v) is 3.18. The Balaban J connectivity index is 3.22. The molecule has 0 saturated heterocycles. The molecule has 1 aromatic carbocycles. The average molecular weight is 241 g/mol. The van der Waals surface area contributed by atoms with E-state index in [-0.39, 0.29) is 5.78 Å². The summed E-state index contributed by atoms with van der Waals surface area (Å²) in [5.74, 6) is 0.526. The molecule has 0 aliphatic heterocycles. The number of carbonyl (C=O) groups excluding carboxylic acids is 1. The number of hydrogen-bond donors (Lipinski definition) is 0. The lowest BCUT2D eigenvalue weighted by Gasteiger charge is -2.05. The van der Waals surface area contributed by atoms with Crippen LogP contribution in [-0.4, -0.2) is 12.9 Å². The first-order valence-corrected chi connectivity index (χ1v) is 4.49. The summed E-state index contributed by atoms with van der Waals surface area (Å²) >= 11 is 3.29. The van der Waals surface area contributed by atoms with Crippen LogP contribution in [0.5, 0.6) is 5.75 Å². The van der Waals surface area contributed by atoms with Crippen molar-refractivity contribution in [2.24, 2.45) is 0 Å². The molecule has 0 spiro atoms. The third kappa shape index (κ3) is 1.98. The highest BCUT2D eigenvalue weighted by Crippen LogP contribution is 2.28. The molecule has 2 nitrogen and oxygen atoms in total. The summed E-state index contributed by atoms with van der Waals surface area (Å²) in [6, 6.07) is 5.26. The topological polar surface area (TPSA) is 26.3 Å². The fraction of sp³-hybridized carbons (Fsp3) is 0.100. The summed E-state index contributed by atoms with van der Waals surface area (Å²) < 4.78 is 5.72. The minimum absolute atomic E-state index is 0.120. The van der Waals surface area contributed by atoms with E-state index in [1.807, 2.05) is 0 Å². The number of ketones is 1. The van der Waals surface area contributed by atoms with Gasteiger partial charge in [0.1, 0.15) is 5.75 Å². The van der Waals surface area contributed by atoms with Crippen LogP contribution in [0.3, 0.4) is 0 Å².